The van der Waals surface area contributed by atoms with Crippen molar-refractivity contribution in [3.63, 3.8) is 0 Å². The monoisotopic (exact) mass is 317 g/mol. The van der Waals surface area contributed by atoms with Crippen LogP contribution in [0.3, 0.4) is 0 Å². The Morgan fingerprint density at radius 1 is 1.35 bits per heavy atom. The highest BCUT2D eigenvalue weighted by atomic mass is 16.2. The Balaban J connectivity index is 2.07. The lowest BCUT2D eigenvalue weighted by Crippen LogP contribution is -2.51. The van der Waals surface area contributed by atoms with E-state index in [0.29, 0.717) is 0 Å². The van der Waals surface area contributed by atoms with Gasteiger partial charge in [0.2, 0.25) is 0 Å². The standard InChI is InChI=1S/C19H31N3O/c1-4-5-13-21(3)17-11-9-16(10-12-17)19(23)22-14-7-6-8-18(22)15(2)20/h9-12,15,18H,4-8,13-14,20H2,1-3H3. The van der Waals surface area contributed by atoms with Crippen LogP contribution in [0.15, 0.2) is 24.3 Å². The van der Waals surface area contributed by atoms with E-state index >= 15 is 0 Å². The summed E-state index contributed by atoms with van der Waals surface area (Å²) in [4.78, 5) is 17.0. The Labute approximate surface area is 140 Å². The van der Waals surface area contributed by atoms with Crippen LogP contribution in [0.4, 0.5) is 5.69 Å². The molecule has 4 heteroatoms. The molecule has 0 bridgehead atoms. The normalized spacial score (nSPS) is 19.5. The van der Waals surface area contributed by atoms with Crippen molar-refractivity contribution in [1.82, 2.24) is 4.90 Å². The minimum Gasteiger partial charge on any atom is -0.375 e. The summed E-state index contributed by atoms with van der Waals surface area (Å²) >= 11 is 0. The van der Waals surface area contributed by atoms with Crippen molar-refractivity contribution >= 4 is 11.6 Å². The number of likely N-dealkylation sites (tertiary alicyclic amines) is 1. The maximum atomic E-state index is 12.8. The molecule has 1 aromatic carbocycles. The molecule has 1 aromatic rings. The van der Waals surface area contributed by atoms with E-state index < -0.39 is 0 Å². The molecule has 2 unspecified atom stereocenters. The minimum atomic E-state index is 0.0266. The quantitative estimate of drug-likeness (QED) is 0.876. The van der Waals surface area contributed by atoms with Gasteiger partial charge in [0.1, 0.15) is 0 Å². The Bertz CT molecular complexity index is 498. The lowest BCUT2D eigenvalue weighted by Gasteiger charge is -2.38. The Kier molecular flexibility index (Phi) is 6.46. The van der Waals surface area contributed by atoms with Crippen LogP contribution in [-0.4, -0.2) is 43.0 Å². The Morgan fingerprint density at radius 2 is 2.04 bits per heavy atom. The summed E-state index contributed by atoms with van der Waals surface area (Å²) in [6, 6.07) is 8.20. The smallest absolute Gasteiger partial charge is 0.254 e. The lowest BCUT2D eigenvalue weighted by molar-refractivity contribution is 0.0584. The number of unbranched alkanes of at least 4 members (excludes halogenated alkanes) is 1. The van der Waals surface area contributed by atoms with Crippen molar-refractivity contribution in [2.45, 2.75) is 58.0 Å². The fourth-order valence-corrected chi connectivity index (χ4v) is 3.30. The number of amides is 1. The van der Waals surface area contributed by atoms with Crippen molar-refractivity contribution < 1.29 is 4.79 Å². The molecule has 0 spiro atoms. The fourth-order valence-electron chi connectivity index (χ4n) is 3.30. The molecule has 0 aliphatic carbocycles. The summed E-state index contributed by atoms with van der Waals surface area (Å²) in [6.07, 6.45) is 5.63. The van der Waals surface area contributed by atoms with Crippen molar-refractivity contribution in [2.24, 2.45) is 5.73 Å². The molecular formula is C19H31N3O. The summed E-state index contributed by atoms with van der Waals surface area (Å²) in [6.45, 7) is 6.07. The van der Waals surface area contributed by atoms with Crippen LogP contribution in [0.2, 0.25) is 0 Å². The SMILES string of the molecule is CCCCN(C)c1ccc(C(=O)N2CCCCC2C(C)N)cc1. The van der Waals surface area contributed by atoms with E-state index in [1.54, 1.807) is 0 Å². The van der Waals surface area contributed by atoms with Crippen LogP contribution in [0.25, 0.3) is 0 Å². The molecule has 23 heavy (non-hydrogen) atoms. The number of nitrogens with zero attached hydrogens (tertiary/aromatic N) is 2. The topological polar surface area (TPSA) is 49.6 Å². The molecule has 1 amide bonds. The van der Waals surface area contributed by atoms with E-state index in [4.69, 9.17) is 5.73 Å². The van der Waals surface area contributed by atoms with Crippen molar-refractivity contribution in [3.05, 3.63) is 29.8 Å². The van der Waals surface area contributed by atoms with Gasteiger partial charge in [0.05, 0.1) is 0 Å². The van der Waals surface area contributed by atoms with Gasteiger partial charge in [-0.3, -0.25) is 4.79 Å². The van der Waals surface area contributed by atoms with Crippen LogP contribution >= 0.6 is 0 Å². The highest BCUT2D eigenvalue weighted by Gasteiger charge is 2.29. The Hall–Kier alpha value is -1.55. The molecule has 1 aliphatic rings. The van der Waals surface area contributed by atoms with Crippen LogP contribution in [0, 0.1) is 0 Å². The largest absolute Gasteiger partial charge is 0.375 e. The number of carbonyl (C=O) groups excluding carboxylic acids is 1. The van der Waals surface area contributed by atoms with Gasteiger partial charge in [-0.2, -0.15) is 0 Å². The first-order valence-electron chi connectivity index (χ1n) is 8.92. The number of anilines is 1. The van der Waals surface area contributed by atoms with E-state index in [2.05, 4.69) is 18.9 Å². The molecule has 1 heterocycles. The summed E-state index contributed by atoms with van der Waals surface area (Å²) in [5, 5.41) is 0. The highest BCUT2D eigenvalue weighted by molar-refractivity contribution is 5.95. The number of benzene rings is 1. The maximum absolute atomic E-state index is 12.8. The second-order valence-electron chi connectivity index (χ2n) is 6.74. The molecule has 2 atom stereocenters. The molecule has 0 saturated carbocycles. The predicted octanol–water partition coefficient (Wildman–Crippen LogP) is 3.26. The van der Waals surface area contributed by atoms with E-state index in [-0.39, 0.29) is 18.0 Å². The van der Waals surface area contributed by atoms with Crippen molar-refractivity contribution in [2.75, 3.05) is 25.0 Å². The molecule has 1 saturated heterocycles. The third-order valence-corrected chi connectivity index (χ3v) is 4.82. The van der Waals surface area contributed by atoms with Gasteiger partial charge in [-0.05, 0) is 56.9 Å². The molecular weight excluding hydrogens is 286 g/mol. The van der Waals surface area contributed by atoms with Crippen molar-refractivity contribution in [3.8, 4) is 0 Å². The zero-order valence-electron chi connectivity index (χ0n) is 14.8. The highest BCUT2D eigenvalue weighted by Crippen LogP contribution is 2.22. The molecule has 4 nitrogen and oxygen atoms in total. The first-order valence-corrected chi connectivity index (χ1v) is 8.92. The molecule has 2 rings (SSSR count). The molecule has 2 N–H and O–H groups in total. The Morgan fingerprint density at radius 3 is 2.65 bits per heavy atom. The van der Waals surface area contributed by atoms with Crippen molar-refractivity contribution in [1.29, 1.82) is 0 Å². The fraction of sp³-hybridized carbons (Fsp3) is 0.632. The molecule has 0 aromatic heterocycles. The zero-order valence-corrected chi connectivity index (χ0v) is 14.8. The van der Waals surface area contributed by atoms with Gasteiger partial charge in [-0.1, -0.05) is 13.3 Å². The number of piperidine rings is 1. The number of nitrogens with two attached hydrogens (primary N) is 1. The van der Waals surface area contributed by atoms with Crippen LogP contribution < -0.4 is 10.6 Å². The van der Waals surface area contributed by atoms with Crippen LogP contribution in [0.1, 0.15) is 56.3 Å². The number of rotatable bonds is 6. The first-order chi connectivity index (χ1) is 11.0. The molecule has 1 fully saturated rings. The average Bonchev–Trinajstić information content (AvgIpc) is 2.59. The minimum absolute atomic E-state index is 0.0266. The van der Waals surface area contributed by atoms with E-state index in [9.17, 15) is 4.79 Å². The van der Waals surface area contributed by atoms with E-state index in [1.807, 2.05) is 36.1 Å². The van der Waals surface area contributed by atoms with Gasteiger partial charge in [-0.15, -0.1) is 0 Å². The first kappa shape index (κ1) is 17.8. The summed E-state index contributed by atoms with van der Waals surface area (Å²) in [7, 11) is 2.10. The molecule has 128 valence electrons. The van der Waals surface area contributed by atoms with Gasteiger partial charge in [0.25, 0.3) is 5.91 Å². The van der Waals surface area contributed by atoms with Gasteiger partial charge in [0, 0.05) is 43.5 Å². The molecule has 0 radical (unpaired) electrons. The summed E-state index contributed by atoms with van der Waals surface area (Å²) < 4.78 is 0. The third-order valence-electron chi connectivity index (χ3n) is 4.82. The second kappa shape index (κ2) is 8.34. The van der Waals surface area contributed by atoms with Gasteiger partial charge in [0.15, 0.2) is 0 Å². The average molecular weight is 317 g/mol. The summed E-state index contributed by atoms with van der Waals surface area (Å²) in [5.74, 6) is 0.120. The second-order valence-corrected chi connectivity index (χ2v) is 6.74. The zero-order chi connectivity index (χ0) is 16.8. The summed E-state index contributed by atoms with van der Waals surface area (Å²) in [5.41, 5.74) is 8.02. The maximum Gasteiger partial charge on any atom is 0.254 e. The molecule has 1 aliphatic heterocycles. The number of carbonyl (C=O) groups is 1. The van der Waals surface area contributed by atoms with E-state index in [0.717, 1.165) is 43.6 Å². The van der Waals surface area contributed by atoms with Gasteiger partial charge < -0.3 is 15.5 Å². The van der Waals surface area contributed by atoms with Gasteiger partial charge >= 0.3 is 0 Å². The number of hydrogen-bond acceptors (Lipinski definition) is 3. The lowest BCUT2D eigenvalue weighted by atomic mass is 9.96. The third kappa shape index (κ3) is 4.47. The van der Waals surface area contributed by atoms with E-state index in [1.165, 1.54) is 12.8 Å². The van der Waals surface area contributed by atoms with Crippen LogP contribution in [0.5, 0.6) is 0 Å². The van der Waals surface area contributed by atoms with Gasteiger partial charge in [-0.25, -0.2) is 0 Å². The van der Waals surface area contributed by atoms with Crippen LogP contribution in [-0.2, 0) is 0 Å². The predicted molar refractivity (Wildman–Crippen MR) is 96.9 cm³/mol. The number of hydrogen-bond donors (Lipinski definition) is 1.